The summed E-state index contributed by atoms with van der Waals surface area (Å²) in [4.78, 5) is 0. The minimum Gasteiger partial charge on any atom is -0.451 e. The lowest BCUT2D eigenvalue weighted by Crippen LogP contribution is -1.99. The Balaban J connectivity index is 1.66. The minimum absolute atomic E-state index is 0.606. The number of tetrazole rings is 1. The first-order chi connectivity index (χ1) is 9.72. The van der Waals surface area contributed by atoms with E-state index in [1.165, 1.54) is 0 Å². The molecular formula is C12H9Br2N5O. The Hall–Kier alpha value is -1.67. The van der Waals surface area contributed by atoms with Crippen LogP contribution in [0.2, 0.25) is 0 Å². The molecule has 0 aliphatic heterocycles. The third-order valence-corrected chi connectivity index (χ3v) is 4.35. The molecule has 8 heteroatoms. The Morgan fingerprint density at radius 1 is 1.20 bits per heavy atom. The molecule has 0 radical (unpaired) electrons. The second kappa shape index (κ2) is 5.76. The number of furan rings is 1. The fourth-order valence-corrected chi connectivity index (χ4v) is 2.34. The molecule has 1 aromatic carbocycles. The van der Waals surface area contributed by atoms with E-state index in [1.54, 1.807) is 11.0 Å². The van der Waals surface area contributed by atoms with Crippen LogP contribution < -0.4 is 5.32 Å². The Kier molecular flexibility index (Phi) is 3.83. The molecule has 102 valence electrons. The number of anilines is 1. The number of hydrogen-bond acceptors (Lipinski definition) is 5. The molecule has 0 spiro atoms. The standard InChI is InChI=1S/C12H9Br2N5O/c13-11-5-10(20-12(11)14)6-15-8-1-3-9(4-2-8)19-7-16-17-18-19/h1-5,7,15H,6H2. The lowest BCUT2D eigenvalue weighted by molar-refractivity contribution is 0.494. The lowest BCUT2D eigenvalue weighted by Gasteiger charge is -2.05. The van der Waals surface area contributed by atoms with E-state index >= 15 is 0 Å². The second-order valence-corrected chi connectivity index (χ2v) is 5.56. The van der Waals surface area contributed by atoms with Crippen LogP contribution in [0.25, 0.3) is 5.69 Å². The van der Waals surface area contributed by atoms with E-state index in [1.807, 2.05) is 30.3 Å². The smallest absolute Gasteiger partial charge is 0.183 e. The first-order valence-electron chi connectivity index (χ1n) is 5.73. The zero-order valence-electron chi connectivity index (χ0n) is 10.1. The summed E-state index contributed by atoms with van der Waals surface area (Å²) in [5, 5.41) is 14.3. The molecule has 0 bridgehead atoms. The molecule has 0 atom stereocenters. The molecule has 3 aromatic rings. The van der Waals surface area contributed by atoms with E-state index in [2.05, 4.69) is 52.7 Å². The summed E-state index contributed by atoms with van der Waals surface area (Å²) in [6, 6.07) is 9.72. The van der Waals surface area contributed by atoms with Crippen molar-refractivity contribution < 1.29 is 4.42 Å². The third kappa shape index (κ3) is 2.91. The molecule has 0 saturated heterocycles. The average molecular weight is 399 g/mol. The normalized spacial score (nSPS) is 10.7. The molecule has 3 rings (SSSR count). The van der Waals surface area contributed by atoms with Gasteiger partial charge in [-0.1, -0.05) is 0 Å². The van der Waals surface area contributed by atoms with Gasteiger partial charge in [-0.05, 0) is 72.6 Å². The molecule has 20 heavy (non-hydrogen) atoms. The molecule has 0 unspecified atom stereocenters. The molecular weight excluding hydrogens is 390 g/mol. The maximum absolute atomic E-state index is 5.50. The van der Waals surface area contributed by atoms with E-state index < -0.39 is 0 Å². The van der Waals surface area contributed by atoms with E-state index in [-0.39, 0.29) is 0 Å². The number of benzene rings is 1. The highest BCUT2D eigenvalue weighted by molar-refractivity contribution is 9.13. The van der Waals surface area contributed by atoms with Crippen LogP contribution in [-0.2, 0) is 6.54 Å². The van der Waals surface area contributed by atoms with Crippen LogP contribution >= 0.6 is 31.9 Å². The van der Waals surface area contributed by atoms with Crippen LogP contribution in [0.1, 0.15) is 5.76 Å². The summed E-state index contributed by atoms with van der Waals surface area (Å²) in [6.45, 7) is 0.606. The van der Waals surface area contributed by atoms with Crippen LogP contribution in [0, 0.1) is 0 Å². The van der Waals surface area contributed by atoms with E-state index in [9.17, 15) is 0 Å². The van der Waals surface area contributed by atoms with Gasteiger partial charge in [-0.25, -0.2) is 4.68 Å². The first-order valence-corrected chi connectivity index (χ1v) is 7.32. The van der Waals surface area contributed by atoms with Gasteiger partial charge < -0.3 is 9.73 Å². The number of hydrogen-bond donors (Lipinski definition) is 1. The topological polar surface area (TPSA) is 68.8 Å². The molecule has 0 fully saturated rings. The van der Waals surface area contributed by atoms with Crippen LogP contribution in [0.4, 0.5) is 5.69 Å². The van der Waals surface area contributed by atoms with Gasteiger partial charge in [0.15, 0.2) is 4.67 Å². The summed E-state index contributed by atoms with van der Waals surface area (Å²) >= 11 is 6.69. The minimum atomic E-state index is 0.606. The maximum atomic E-state index is 5.50. The summed E-state index contributed by atoms with van der Waals surface area (Å²) < 4.78 is 8.70. The number of nitrogens with zero attached hydrogens (tertiary/aromatic N) is 4. The molecule has 6 nitrogen and oxygen atoms in total. The Morgan fingerprint density at radius 3 is 2.60 bits per heavy atom. The Morgan fingerprint density at radius 2 is 2.00 bits per heavy atom. The predicted octanol–water partition coefficient (Wildman–Crippen LogP) is 3.39. The SMILES string of the molecule is Brc1cc(CNc2ccc(-n3cnnn3)cc2)oc1Br. The zero-order valence-corrected chi connectivity index (χ0v) is 13.3. The van der Waals surface area contributed by atoms with Gasteiger partial charge in [0.2, 0.25) is 0 Å². The van der Waals surface area contributed by atoms with Crippen molar-refractivity contribution in [2.45, 2.75) is 6.54 Å². The van der Waals surface area contributed by atoms with Gasteiger partial charge in [0.25, 0.3) is 0 Å². The van der Waals surface area contributed by atoms with Crippen molar-refractivity contribution in [2.24, 2.45) is 0 Å². The molecule has 0 saturated carbocycles. The Labute approximate surface area is 131 Å². The van der Waals surface area contributed by atoms with Crippen LogP contribution in [0.5, 0.6) is 0 Å². The highest BCUT2D eigenvalue weighted by atomic mass is 79.9. The Bertz CT molecular complexity index is 674. The molecule has 2 aromatic heterocycles. The van der Waals surface area contributed by atoms with Crippen molar-refractivity contribution in [2.75, 3.05) is 5.32 Å². The summed E-state index contributed by atoms with van der Waals surface area (Å²) in [7, 11) is 0. The quantitative estimate of drug-likeness (QED) is 0.729. The van der Waals surface area contributed by atoms with Crippen molar-refractivity contribution in [3.8, 4) is 5.69 Å². The molecule has 0 aliphatic carbocycles. The number of halogens is 2. The van der Waals surface area contributed by atoms with Gasteiger partial charge in [-0.2, -0.15) is 0 Å². The number of aromatic nitrogens is 4. The third-order valence-electron chi connectivity index (χ3n) is 2.64. The van der Waals surface area contributed by atoms with Crippen molar-refractivity contribution in [3.05, 3.63) is 51.6 Å². The fraction of sp³-hybridized carbons (Fsp3) is 0.0833. The van der Waals surface area contributed by atoms with Crippen LogP contribution in [0.3, 0.4) is 0 Å². The fourth-order valence-electron chi connectivity index (χ4n) is 1.68. The molecule has 0 amide bonds. The summed E-state index contributed by atoms with van der Waals surface area (Å²) in [5.74, 6) is 0.841. The molecule has 1 N–H and O–H groups in total. The summed E-state index contributed by atoms with van der Waals surface area (Å²) in [6.07, 6.45) is 1.56. The monoisotopic (exact) mass is 397 g/mol. The van der Waals surface area contributed by atoms with Crippen LogP contribution in [0.15, 0.2) is 50.2 Å². The predicted molar refractivity (Wildman–Crippen MR) is 80.6 cm³/mol. The van der Waals surface area contributed by atoms with Crippen LogP contribution in [-0.4, -0.2) is 20.2 Å². The van der Waals surface area contributed by atoms with Gasteiger partial charge in [0.1, 0.15) is 12.1 Å². The largest absolute Gasteiger partial charge is 0.451 e. The van der Waals surface area contributed by atoms with Gasteiger partial charge in [-0.3, -0.25) is 0 Å². The van der Waals surface area contributed by atoms with Crippen molar-refractivity contribution in [1.82, 2.24) is 20.2 Å². The zero-order chi connectivity index (χ0) is 13.9. The van der Waals surface area contributed by atoms with Gasteiger partial charge in [-0.15, -0.1) is 5.10 Å². The number of nitrogens with one attached hydrogen (secondary N) is 1. The highest BCUT2D eigenvalue weighted by Crippen LogP contribution is 2.27. The highest BCUT2D eigenvalue weighted by Gasteiger charge is 2.05. The van der Waals surface area contributed by atoms with Gasteiger partial charge in [0, 0.05) is 5.69 Å². The van der Waals surface area contributed by atoms with Crippen molar-refractivity contribution in [3.63, 3.8) is 0 Å². The van der Waals surface area contributed by atoms with Gasteiger partial charge in [0.05, 0.1) is 16.7 Å². The van der Waals surface area contributed by atoms with Crippen molar-refractivity contribution in [1.29, 1.82) is 0 Å². The molecule has 0 aliphatic rings. The van der Waals surface area contributed by atoms with Crippen molar-refractivity contribution >= 4 is 37.5 Å². The molecule has 2 heterocycles. The van der Waals surface area contributed by atoms with E-state index in [0.717, 1.165) is 21.6 Å². The number of rotatable bonds is 4. The van der Waals surface area contributed by atoms with E-state index in [4.69, 9.17) is 4.42 Å². The first kappa shape index (κ1) is 13.3. The van der Waals surface area contributed by atoms with Gasteiger partial charge >= 0.3 is 0 Å². The van der Waals surface area contributed by atoms with E-state index in [0.29, 0.717) is 11.2 Å². The maximum Gasteiger partial charge on any atom is 0.183 e. The lowest BCUT2D eigenvalue weighted by atomic mass is 10.3. The summed E-state index contributed by atoms with van der Waals surface area (Å²) in [5.41, 5.74) is 1.90. The second-order valence-electron chi connectivity index (χ2n) is 3.99. The average Bonchev–Trinajstić information content (AvgIpc) is 3.08.